The van der Waals surface area contributed by atoms with Crippen molar-refractivity contribution in [2.75, 3.05) is 13.7 Å². The van der Waals surface area contributed by atoms with Gasteiger partial charge in [-0.1, -0.05) is 32.0 Å². The molecule has 2 aromatic carbocycles. The van der Waals surface area contributed by atoms with Gasteiger partial charge in [0.2, 0.25) is 0 Å². The van der Waals surface area contributed by atoms with E-state index in [0.29, 0.717) is 23.4 Å². The molecule has 1 heterocycles. The SMILES string of the molecule is C=O.C=O.CC(=O)[C@H]1CCO1.CC(C)F.CCC1([C@H](NC)[C@@H](C)Cc2cccc(-c3cc(F)cc(F)c3)c2F)CC1. The second kappa shape index (κ2) is 19.3. The van der Waals surface area contributed by atoms with Crippen molar-refractivity contribution in [3.05, 3.63) is 59.4 Å². The van der Waals surface area contributed by atoms with E-state index in [1.54, 1.807) is 25.1 Å². The molecular formula is C32H45F4NO4. The fourth-order valence-corrected chi connectivity index (χ4v) is 4.93. The number of rotatable bonds is 8. The third-order valence-electron chi connectivity index (χ3n) is 7.08. The van der Waals surface area contributed by atoms with Gasteiger partial charge in [-0.25, -0.2) is 17.6 Å². The van der Waals surface area contributed by atoms with Crippen molar-refractivity contribution in [3.8, 4) is 11.1 Å². The number of Topliss-reactive ketones (excluding diaryl/α,β-unsaturated/α-hetero) is 1. The van der Waals surface area contributed by atoms with Crippen molar-refractivity contribution in [3.63, 3.8) is 0 Å². The number of carbonyl (C=O) groups excluding carboxylic acids is 3. The minimum absolute atomic E-state index is 0.0556. The summed E-state index contributed by atoms with van der Waals surface area (Å²) in [5.74, 6) is -1.37. The van der Waals surface area contributed by atoms with Gasteiger partial charge in [-0.15, -0.1) is 0 Å². The Hall–Kier alpha value is -2.91. The smallest absolute Gasteiger partial charge is 0.158 e. The van der Waals surface area contributed by atoms with E-state index in [1.165, 1.54) is 38.8 Å². The zero-order valence-electron chi connectivity index (χ0n) is 25.1. The summed E-state index contributed by atoms with van der Waals surface area (Å²) in [7, 11) is 1.97. The predicted octanol–water partition coefficient (Wildman–Crippen LogP) is 7.09. The highest BCUT2D eigenvalue weighted by Gasteiger charge is 2.48. The Kier molecular flexibility index (Phi) is 17.9. The molecule has 1 aliphatic carbocycles. The molecule has 2 aliphatic rings. The van der Waals surface area contributed by atoms with Crippen LogP contribution in [0.1, 0.15) is 65.9 Å². The van der Waals surface area contributed by atoms with Crippen molar-refractivity contribution in [1.29, 1.82) is 0 Å². The molecule has 0 radical (unpaired) electrons. The molecule has 5 nitrogen and oxygen atoms in total. The molecule has 0 amide bonds. The van der Waals surface area contributed by atoms with Gasteiger partial charge in [0.05, 0.1) is 12.8 Å². The summed E-state index contributed by atoms with van der Waals surface area (Å²) >= 11 is 0. The number of nitrogens with one attached hydrogen (secondary N) is 1. The van der Waals surface area contributed by atoms with E-state index in [0.717, 1.165) is 25.5 Å². The van der Waals surface area contributed by atoms with Crippen LogP contribution in [0.2, 0.25) is 0 Å². The third-order valence-corrected chi connectivity index (χ3v) is 7.08. The first-order chi connectivity index (χ1) is 19.4. The molecule has 4 rings (SSSR count). The lowest BCUT2D eigenvalue weighted by molar-refractivity contribution is -0.140. The number of ketones is 1. The minimum Gasteiger partial charge on any atom is -0.370 e. The highest BCUT2D eigenvalue weighted by atomic mass is 19.1. The van der Waals surface area contributed by atoms with Gasteiger partial charge in [0.1, 0.15) is 37.1 Å². The molecule has 9 heteroatoms. The average Bonchev–Trinajstić information content (AvgIpc) is 3.67. The zero-order valence-corrected chi connectivity index (χ0v) is 25.1. The van der Waals surface area contributed by atoms with Crippen LogP contribution in [0.15, 0.2) is 36.4 Å². The Morgan fingerprint density at radius 3 is 1.90 bits per heavy atom. The van der Waals surface area contributed by atoms with Gasteiger partial charge < -0.3 is 19.6 Å². The summed E-state index contributed by atoms with van der Waals surface area (Å²) in [4.78, 5) is 26.3. The maximum Gasteiger partial charge on any atom is 0.158 e. The van der Waals surface area contributed by atoms with Gasteiger partial charge in [0.15, 0.2) is 5.78 Å². The topological polar surface area (TPSA) is 72.5 Å². The van der Waals surface area contributed by atoms with Crippen LogP contribution >= 0.6 is 0 Å². The average molecular weight is 584 g/mol. The molecule has 1 saturated heterocycles. The first-order valence-electron chi connectivity index (χ1n) is 13.7. The second-order valence-corrected chi connectivity index (χ2v) is 10.4. The van der Waals surface area contributed by atoms with Gasteiger partial charge >= 0.3 is 0 Å². The molecule has 0 bridgehead atoms. The first kappa shape index (κ1) is 38.1. The van der Waals surface area contributed by atoms with Crippen LogP contribution in [-0.2, 0) is 25.5 Å². The summed E-state index contributed by atoms with van der Waals surface area (Å²) in [5.41, 5.74) is 1.39. The number of carbonyl (C=O) groups is 3. The predicted molar refractivity (Wildman–Crippen MR) is 155 cm³/mol. The third kappa shape index (κ3) is 12.2. The quantitative estimate of drug-likeness (QED) is 0.336. The maximum atomic E-state index is 15.1. The number of hydrogen-bond acceptors (Lipinski definition) is 5. The maximum absolute atomic E-state index is 15.1. The van der Waals surface area contributed by atoms with E-state index < -0.39 is 17.8 Å². The van der Waals surface area contributed by atoms with E-state index >= 15 is 4.39 Å². The molecule has 3 atom stereocenters. The van der Waals surface area contributed by atoms with Crippen molar-refractivity contribution in [2.24, 2.45) is 11.3 Å². The summed E-state index contributed by atoms with van der Waals surface area (Å²) in [6, 6.07) is 8.56. The Balaban J connectivity index is 0.000000882. The second-order valence-electron chi connectivity index (χ2n) is 10.4. The summed E-state index contributed by atoms with van der Waals surface area (Å²) in [6.45, 7) is 13.7. The monoisotopic (exact) mass is 583 g/mol. The van der Waals surface area contributed by atoms with Crippen molar-refractivity contribution in [1.82, 2.24) is 5.32 Å². The Labute approximate surface area is 242 Å². The fraction of sp³-hybridized carbons (Fsp3) is 0.531. The largest absolute Gasteiger partial charge is 0.370 e. The number of benzene rings is 2. The molecule has 0 spiro atoms. The Morgan fingerprint density at radius 2 is 1.56 bits per heavy atom. The van der Waals surface area contributed by atoms with Crippen LogP contribution in [0.25, 0.3) is 11.1 Å². The number of hydrogen-bond donors (Lipinski definition) is 1. The van der Waals surface area contributed by atoms with Crippen LogP contribution in [0.5, 0.6) is 0 Å². The zero-order chi connectivity index (χ0) is 31.8. The highest BCUT2D eigenvalue weighted by molar-refractivity contribution is 5.81. The summed E-state index contributed by atoms with van der Waals surface area (Å²) < 4.78 is 57.9. The molecule has 1 saturated carbocycles. The van der Waals surface area contributed by atoms with Crippen LogP contribution in [0.4, 0.5) is 17.6 Å². The van der Waals surface area contributed by atoms with Gasteiger partial charge in [0.25, 0.3) is 0 Å². The number of ether oxygens (including phenoxy) is 1. The Morgan fingerprint density at radius 1 is 1.05 bits per heavy atom. The standard InChI is InChI=1S/C22H26F3N.C5H8O2.C3H7F.2CH2O/c1-4-22(8-9-22)21(26-3)14(2)10-15-6-5-7-19(20(15)25)16-11-17(23)13-18(24)12-16;1-4(6)5-2-3-7-5;1-3(2)4;2*1-2/h5-7,11-14,21,26H,4,8-10H2,1-3H3;5H,2-3H2,1H3;3H,1-2H3;2*1H2/t14-,21+;5-;;;/m01.../s1. The number of alkyl halides is 1. The highest BCUT2D eigenvalue weighted by Crippen LogP contribution is 2.53. The van der Waals surface area contributed by atoms with Crippen LogP contribution in [0.3, 0.4) is 0 Å². The Bertz CT molecular complexity index is 1030. The molecule has 2 aromatic rings. The van der Waals surface area contributed by atoms with Crippen molar-refractivity contribution < 1.29 is 36.7 Å². The van der Waals surface area contributed by atoms with Crippen molar-refractivity contribution >= 4 is 19.4 Å². The summed E-state index contributed by atoms with van der Waals surface area (Å²) in [6.07, 6.45) is 4.34. The van der Waals surface area contributed by atoms with E-state index in [4.69, 9.17) is 14.3 Å². The molecule has 41 heavy (non-hydrogen) atoms. The minimum atomic E-state index is -0.702. The van der Waals surface area contributed by atoms with E-state index in [-0.39, 0.29) is 34.7 Å². The molecule has 1 aliphatic heterocycles. The van der Waals surface area contributed by atoms with Gasteiger partial charge in [0, 0.05) is 24.1 Å². The van der Waals surface area contributed by atoms with Gasteiger partial charge in [-0.2, -0.15) is 0 Å². The van der Waals surface area contributed by atoms with Gasteiger partial charge in [-0.3, -0.25) is 4.79 Å². The molecule has 2 fully saturated rings. The number of halogens is 4. The van der Waals surface area contributed by atoms with E-state index in [2.05, 4.69) is 19.2 Å². The molecule has 230 valence electrons. The van der Waals surface area contributed by atoms with E-state index in [1.807, 2.05) is 20.6 Å². The summed E-state index contributed by atoms with van der Waals surface area (Å²) in [5, 5.41) is 3.43. The molecule has 0 aromatic heterocycles. The molecule has 0 unspecified atom stereocenters. The van der Waals surface area contributed by atoms with Gasteiger partial charge in [-0.05, 0) is 88.1 Å². The first-order valence-corrected chi connectivity index (χ1v) is 13.7. The lowest BCUT2D eigenvalue weighted by Gasteiger charge is -2.31. The fourth-order valence-electron chi connectivity index (χ4n) is 4.93. The van der Waals surface area contributed by atoms with Crippen molar-refractivity contribution in [2.45, 2.75) is 85.0 Å². The normalized spacial score (nSPS) is 17.3. The van der Waals surface area contributed by atoms with Crippen LogP contribution in [-0.4, -0.2) is 51.3 Å². The van der Waals surface area contributed by atoms with Crippen LogP contribution in [0, 0.1) is 28.8 Å². The molecule has 1 N–H and O–H groups in total. The van der Waals surface area contributed by atoms with Crippen LogP contribution < -0.4 is 5.32 Å². The molecular weight excluding hydrogens is 538 g/mol. The van der Waals surface area contributed by atoms with E-state index in [9.17, 15) is 18.0 Å². The lowest BCUT2D eigenvalue weighted by Crippen LogP contribution is -2.41. The lowest BCUT2D eigenvalue weighted by atomic mass is 9.81.